The van der Waals surface area contributed by atoms with Gasteiger partial charge in [0.1, 0.15) is 16.3 Å². The first-order valence-electron chi connectivity index (χ1n) is 11.6. The summed E-state index contributed by atoms with van der Waals surface area (Å²) in [5, 5.41) is 2.82. The number of likely N-dealkylation sites (tertiary alicyclic amines) is 1. The SMILES string of the molecule is Cc1cc(NC(=O)CN2C(=O)[C@@H]3[C@@H](C2=O)C2(Cl)c4ccccc4C3(Cl)c3ccccc32)cc(C)c1Br. The van der Waals surface area contributed by atoms with E-state index in [2.05, 4.69) is 21.2 Å². The van der Waals surface area contributed by atoms with Crippen LogP contribution in [-0.4, -0.2) is 29.2 Å². The molecule has 0 radical (unpaired) electrons. The second kappa shape index (κ2) is 7.91. The summed E-state index contributed by atoms with van der Waals surface area (Å²) < 4.78 is 0.962. The molecule has 1 heterocycles. The molecule has 5 nitrogen and oxygen atoms in total. The first kappa shape index (κ1) is 23.7. The Morgan fingerprint density at radius 2 is 1.25 bits per heavy atom. The van der Waals surface area contributed by atoms with Gasteiger partial charge in [0.15, 0.2) is 0 Å². The van der Waals surface area contributed by atoms with Crippen molar-refractivity contribution in [1.29, 1.82) is 0 Å². The molecule has 2 bridgehead atoms. The van der Waals surface area contributed by atoms with Gasteiger partial charge in [-0.3, -0.25) is 19.3 Å². The van der Waals surface area contributed by atoms with E-state index in [9.17, 15) is 14.4 Å². The minimum Gasteiger partial charge on any atom is -0.325 e. The number of hydrogen-bond acceptors (Lipinski definition) is 3. The number of nitrogens with zero attached hydrogens (tertiary/aromatic N) is 1. The van der Waals surface area contributed by atoms with Gasteiger partial charge < -0.3 is 5.32 Å². The van der Waals surface area contributed by atoms with Gasteiger partial charge in [0.05, 0.1) is 11.8 Å². The van der Waals surface area contributed by atoms with Crippen molar-refractivity contribution in [3.63, 3.8) is 0 Å². The summed E-state index contributed by atoms with van der Waals surface area (Å²) in [5.41, 5.74) is 5.45. The van der Waals surface area contributed by atoms with Gasteiger partial charge in [0.25, 0.3) is 0 Å². The van der Waals surface area contributed by atoms with Crippen molar-refractivity contribution in [3.8, 4) is 0 Å². The van der Waals surface area contributed by atoms with Crippen molar-refractivity contribution in [2.75, 3.05) is 11.9 Å². The van der Waals surface area contributed by atoms with Crippen molar-refractivity contribution in [3.05, 3.63) is 98.5 Å². The minimum atomic E-state index is -1.26. The predicted octanol–water partition coefficient (Wildman–Crippen LogP) is 5.60. The van der Waals surface area contributed by atoms with Crippen LogP contribution in [-0.2, 0) is 24.1 Å². The van der Waals surface area contributed by atoms with Gasteiger partial charge in [-0.25, -0.2) is 0 Å². The molecule has 36 heavy (non-hydrogen) atoms. The largest absolute Gasteiger partial charge is 0.325 e. The van der Waals surface area contributed by atoms with Crippen LogP contribution in [0.5, 0.6) is 0 Å². The van der Waals surface area contributed by atoms with Crippen LogP contribution in [0.15, 0.2) is 65.1 Å². The highest BCUT2D eigenvalue weighted by molar-refractivity contribution is 9.10. The Bertz CT molecular complexity index is 1360. The van der Waals surface area contributed by atoms with Crippen LogP contribution in [0.4, 0.5) is 5.69 Å². The fourth-order valence-electron chi connectivity index (χ4n) is 6.24. The maximum Gasteiger partial charge on any atom is 0.244 e. The number of amides is 3. The van der Waals surface area contributed by atoms with E-state index in [1.807, 2.05) is 74.5 Å². The van der Waals surface area contributed by atoms with E-state index < -0.39 is 45.9 Å². The zero-order valence-corrected chi connectivity index (χ0v) is 22.5. The number of nitrogens with one attached hydrogen (secondary N) is 1. The Morgan fingerprint density at radius 1 is 0.861 bits per heavy atom. The number of carbonyl (C=O) groups is 3. The third-order valence-corrected chi connectivity index (χ3v) is 10.2. The molecule has 3 aromatic rings. The molecule has 1 aliphatic heterocycles. The number of anilines is 1. The zero-order valence-electron chi connectivity index (χ0n) is 19.4. The fraction of sp³-hybridized carbons (Fsp3) is 0.250. The van der Waals surface area contributed by atoms with Crippen molar-refractivity contribution in [1.82, 2.24) is 4.90 Å². The van der Waals surface area contributed by atoms with Crippen LogP contribution in [0.2, 0.25) is 0 Å². The van der Waals surface area contributed by atoms with Crippen molar-refractivity contribution in [2.24, 2.45) is 11.8 Å². The van der Waals surface area contributed by atoms with Gasteiger partial charge >= 0.3 is 0 Å². The van der Waals surface area contributed by atoms with Gasteiger partial charge in [-0.2, -0.15) is 0 Å². The highest BCUT2D eigenvalue weighted by atomic mass is 79.9. The van der Waals surface area contributed by atoms with Crippen LogP contribution in [0.3, 0.4) is 0 Å². The lowest BCUT2D eigenvalue weighted by molar-refractivity contribution is -0.142. The zero-order chi connectivity index (χ0) is 25.6. The molecular formula is C28H21BrCl2N2O3. The Balaban J connectivity index is 1.39. The first-order chi connectivity index (χ1) is 17.1. The molecule has 1 saturated heterocycles. The highest BCUT2D eigenvalue weighted by Crippen LogP contribution is 2.69. The average molecular weight is 584 g/mol. The summed E-state index contributed by atoms with van der Waals surface area (Å²) in [6.45, 7) is 3.44. The lowest BCUT2D eigenvalue weighted by Gasteiger charge is -2.54. The lowest BCUT2D eigenvalue weighted by Crippen LogP contribution is -2.57. The Kier molecular flexibility index (Phi) is 5.21. The topological polar surface area (TPSA) is 66.5 Å². The van der Waals surface area contributed by atoms with Gasteiger partial charge in [0.2, 0.25) is 17.7 Å². The monoisotopic (exact) mass is 582 g/mol. The molecule has 182 valence electrons. The van der Waals surface area contributed by atoms with Crippen molar-refractivity contribution >= 4 is 62.5 Å². The molecule has 0 saturated carbocycles. The molecular weight excluding hydrogens is 563 g/mol. The van der Waals surface area contributed by atoms with E-state index in [1.54, 1.807) is 0 Å². The summed E-state index contributed by atoms with van der Waals surface area (Å²) in [7, 11) is 0. The van der Waals surface area contributed by atoms with Crippen LogP contribution in [0.1, 0.15) is 33.4 Å². The Labute approximate surface area is 226 Å². The minimum absolute atomic E-state index is 0.411. The van der Waals surface area contributed by atoms with E-state index in [1.165, 1.54) is 0 Å². The van der Waals surface area contributed by atoms with E-state index in [4.69, 9.17) is 23.2 Å². The second-order valence-electron chi connectivity index (χ2n) is 9.70. The maximum absolute atomic E-state index is 13.8. The number of rotatable bonds is 3. The van der Waals surface area contributed by atoms with E-state index in [0.717, 1.165) is 42.8 Å². The highest BCUT2D eigenvalue weighted by Gasteiger charge is 2.73. The standard InChI is InChI=1S/C28H21BrCl2N2O3/c1-14-11-16(12-15(2)24(14)29)32-21(34)13-33-25(35)22-23(26(33)36)28(31)18-8-4-3-7-17(18)27(22,30)19-9-5-6-10-20(19)28/h3-12,22-23H,13H2,1-2H3,(H,32,34)/t22-,23-,27?,28?/m0/s1. The van der Waals surface area contributed by atoms with Gasteiger partial charge in [0, 0.05) is 10.2 Å². The Hall–Kier alpha value is -2.67. The molecule has 8 heteroatoms. The van der Waals surface area contributed by atoms with Crippen molar-refractivity contribution < 1.29 is 14.4 Å². The summed E-state index contributed by atoms with van der Waals surface area (Å²) >= 11 is 18.3. The molecule has 0 aromatic heterocycles. The van der Waals surface area contributed by atoms with Gasteiger partial charge in [-0.1, -0.05) is 64.5 Å². The third kappa shape index (κ3) is 2.92. The molecule has 3 amide bonds. The fourth-order valence-corrected chi connectivity index (χ4v) is 7.57. The molecule has 4 aliphatic rings. The number of halogens is 3. The van der Waals surface area contributed by atoms with Gasteiger partial charge in [-0.15, -0.1) is 23.2 Å². The summed E-state index contributed by atoms with van der Waals surface area (Å²) in [5.74, 6) is -3.26. The number of imide groups is 1. The Morgan fingerprint density at radius 3 is 1.64 bits per heavy atom. The predicted molar refractivity (Wildman–Crippen MR) is 142 cm³/mol. The number of benzene rings is 3. The third-order valence-electron chi connectivity index (χ3n) is 7.70. The van der Waals surface area contributed by atoms with Crippen molar-refractivity contribution in [2.45, 2.75) is 23.6 Å². The molecule has 7 rings (SSSR count). The average Bonchev–Trinajstić information content (AvgIpc) is 3.11. The van der Waals surface area contributed by atoms with E-state index in [-0.39, 0.29) is 0 Å². The van der Waals surface area contributed by atoms with Crippen LogP contribution in [0.25, 0.3) is 0 Å². The number of alkyl halides is 2. The first-order valence-corrected chi connectivity index (χ1v) is 13.1. The number of aryl methyl sites for hydroxylation is 2. The smallest absolute Gasteiger partial charge is 0.244 e. The molecule has 3 aromatic carbocycles. The quantitative estimate of drug-likeness (QED) is 0.322. The molecule has 1 N–H and O–H groups in total. The number of hydrogen-bond donors (Lipinski definition) is 1. The lowest BCUT2D eigenvalue weighted by atomic mass is 9.54. The summed E-state index contributed by atoms with van der Waals surface area (Å²) in [6, 6.07) is 18.6. The molecule has 1 fully saturated rings. The molecule has 3 aliphatic carbocycles. The van der Waals surface area contributed by atoms with E-state index in [0.29, 0.717) is 5.69 Å². The molecule has 2 atom stereocenters. The maximum atomic E-state index is 13.8. The second-order valence-corrected chi connectivity index (χ2v) is 11.7. The summed E-state index contributed by atoms with van der Waals surface area (Å²) in [4.78, 5) is 39.2. The molecule has 0 spiro atoms. The molecule has 0 unspecified atom stereocenters. The van der Waals surface area contributed by atoms with E-state index >= 15 is 0 Å². The van der Waals surface area contributed by atoms with Crippen LogP contribution >= 0.6 is 39.1 Å². The van der Waals surface area contributed by atoms with Crippen LogP contribution < -0.4 is 5.32 Å². The number of carbonyl (C=O) groups excluding carboxylic acids is 3. The normalized spacial score (nSPS) is 27.5. The van der Waals surface area contributed by atoms with Gasteiger partial charge in [-0.05, 0) is 59.4 Å². The van der Waals surface area contributed by atoms with Crippen LogP contribution in [0, 0.1) is 25.7 Å². The summed E-state index contributed by atoms with van der Waals surface area (Å²) in [6.07, 6.45) is 0.